The molecule has 1 aromatic heterocycles. The molecule has 0 bridgehead atoms. The van der Waals surface area contributed by atoms with Crippen LogP contribution in [0.1, 0.15) is 38.8 Å². The van der Waals surface area contributed by atoms with Gasteiger partial charge in [-0.1, -0.05) is 32.0 Å². The molecule has 1 rings (SSSR count). The monoisotopic (exact) mass is 237 g/mol. The summed E-state index contributed by atoms with van der Waals surface area (Å²) in [6, 6.07) is 4.28. The van der Waals surface area contributed by atoms with Gasteiger partial charge >= 0.3 is 0 Å². The first-order chi connectivity index (χ1) is 7.63. The fourth-order valence-electron chi connectivity index (χ4n) is 1.49. The lowest BCUT2D eigenvalue weighted by molar-refractivity contribution is 0.645. The Morgan fingerprint density at radius 3 is 2.81 bits per heavy atom. The van der Waals surface area contributed by atoms with E-state index in [1.165, 1.54) is 19.3 Å². The average molecular weight is 237 g/mol. The zero-order chi connectivity index (χ0) is 12.0. The summed E-state index contributed by atoms with van der Waals surface area (Å²) in [5.41, 5.74) is 7.16. The number of nitrogens with one attached hydrogen (secondary N) is 1. The van der Waals surface area contributed by atoms with Crippen molar-refractivity contribution in [3.05, 3.63) is 24.0 Å². The molecule has 1 atom stereocenters. The van der Waals surface area contributed by atoms with Crippen molar-refractivity contribution in [2.24, 2.45) is 5.73 Å². The summed E-state index contributed by atoms with van der Waals surface area (Å²) < 4.78 is 0. The van der Waals surface area contributed by atoms with E-state index < -0.39 is 0 Å². The van der Waals surface area contributed by atoms with Crippen molar-refractivity contribution in [2.75, 3.05) is 5.32 Å². The predicted molar refractivity (Wildman–Crippen MR) is 72.7 cm³/mol. The van der Waals surface area contributed by atoms with Crippen LogP contribution in [0.2, 0.25) is 0 Å². The second kappa shape index (κ2) is 6.43. The zero-order valence-corrected chi connectivity index (χ0v) is 10.7. The Bertz CT molecular complexity index is 335. The lowest BCUT2D eigenvalue weighted by atomic mass is 10.1. The molecule has 4 heteroatoms. The van der Waals surface area contributed by atoms with Gasteiger partial charge in [-0.05, 0) is 25.5 Å². The number of anilines is 1. The van der Waals surface area contributed by atoms with Gasteiger partial charge in [0.2, 0.25) is 0 Å². The highest BCUT2D eigenvalue weighted by molar-refractivity contribution is 7.80. The maximum atomic E-state index is 5.48. The number of pyridine rings is 1. The van der Waals surface area contributed by atoms with E-state index in [1.54, 1.807) is 6.20 Å². The molecule has 1 heterocycles. The molecule has 1 aromatic rings. The van der Waals surface area contributed by atoms with Gasteiger partial charge in [0.15, 0.2) is 0 Å². The summed E-state index contributed by atoms with van der Waals surface area (Å²) in [7, 11) is 0. The molecule has 3 nitrogen and oxygen atoms in total. The number of thiocarbonyl (C=S) groups is 1. The smallest absolute Gasteiger partial charge is 0.122 e. The summed E-state index contributed by atoms with van der Waals surface area (Å²) in [6.45, 7) is 4.38. The second-order valence-corrected chi connectivity index (χ2v) is 4.42. The van der Waals surface area contributed by atoms with E-state index in [9.17, 15) is 0 Å². The molecular formula is C12H19N3S. The molecule has 0 aliphatic heterocycles. The standard InChI is InChI=1S/C12H19N3S/c1-3-4-5-9(2)15-10-6-7-11(12(13)16)14-8-10/h6-9,15H,3-5H2,1-2H3,(H2,13,16). The number of unbranched alkanes of at least 4 members (excludes halogenated alkanes) is 1. The number of rotatable bonds is 6. The van der Waals surface area contributed by atoms with Gasteiger partial charge in [-0.25, -0.2) is 0 Å². The Morgan fingerprint density at radius 1 is 1.56 bits per heavy atom. The molecular weight excluding hydrogens is 218 g/mol. The second-order valence-electron chi connectivity index (χ2n) is 3.98. The van der Waals surface area contributed by atoms with E-state index in [1.807, 2.05) is 12.1 Å². The molecule has 0 radical (unpaired) electrons. The fourth-order valence-corrected chi connectivity index (χ4v) is 1.61. The summed E-state index contributed by atoms with van der Waals surface area (Å²) in [5.74, 6) is 0. The van der Waals surface area contributed by atoms with E-state index in [-0.39, 0.29) is 0 Å². The van der Waals surface area contributed by atoms with Crippen LogP contribution in [0.4, 0.5) is 5.69 Å². The van der Waals surface area contributed by atoms with Gasteiger partial charge in [-0.2, -0.15) is 0 Å². The van der Waals surface area contributed by atoms with E-state index in [2.05, 4.69) is 24.1 Å². The summed E-state index contributed by atoms with van der Waals surface area (Å²) in [6.07, 6.45) is 5.42. The minimum Gasteiger partial charge on any atom is -0.388 e. The van der Waals surface area contributed by atoms with Crippen LogP contribution >= 0.6 is 12.2 Å². The molecule has 1 unspecified atom stereocenters. The third kappa shape index (κ3) is 4.14. The normalized spacial score (nSPS) is 12.1. The van der Waals surface area contributed by atoms with Crippen LogP contribution in [0.25, 0.3) is 0 Å². The molecule has 0 saturated carbocycles. The average Bonchev–Trinajstić information content (AvgIpc) is 2.27. The van der Waals surface area contributed by atoms with Crippen molar-refractivity contribution in [3.63, 3.8) is 0 Å². The van der Waals surface area contributed by atoms with Crippen LogP contribution in [0.5, 0.6) is 0 Å². The van der Waals surface area contributed by atoms with Crippen LogP contribution in [0, 0.1) is 0 Å². The van der Waals surface area contributed by atoms with Crippen LogP contribution in [-0.2, 0) is 0 Å². The van der Waals surface area contributed by atoms with Crippen molar-refractivity contribution in [2.45, 2.75) is 39.2 Å². The molecule has 0 aromatic carbocycles. The molecule has 88 valence electrons. The molecule has 0 spiro atoms. The first-order valence-corrected chi connectivity index (χ1v) is 6.06. The van der Waals surface area contributed by atoms with Gasteiger partial charge in [-0.15, -0.1) is 0 Å². The topological polar surface area (TPSA) is 50.9 Å². The van der Waals surface area contributed by atoms with Gasteiger partial charge in [0.05, 0.1) is 17.6 Å². The third-order valence-electron chi connectivity index (χ3n) is 2.42. The maximum Gasteiger partial charge on any atom is 0.122 e. The van der Waals surface area contributed by atoms with Crippen molar-refractivity contribution >= 4 is 22.9 Å². The quantitative estimate of drug-likeness (QED) is 0.747. The summed E-state index contributed by atoms with van der Waals surface area (Å²) >= 11 is 4.85. The number of aromatic nitrogens is 1. The van der Waals surface area contributed by atoms with E-state index in [0.29, 0.717) is 16.7 Å². The van der Waals surface area contributed by atoms with Gasteiger partial charge in [-0.3, -0.25) is 4.98 Å². The number of hydrogen-bond donors (Lipinski definition) is 2. The SMILES string of the molecule is CCCCC(C)Nc1ccc(C(N)=S)nc1. The van der Waals surface area contributed by atoms with Crippen molar-refractivity contribution in [1.29, 1.82) is 0 Å². The van der Waals surface area contributed by atoms with Crippen molar-refractivity contribution in [3.8, 4) is 0 Å². The number of nitrogens with two attached hydrogens (primary N) is 1. The predicted octanol–water partition coefficient (Wildman–Crippen LogP) is 2.71. The Hall–Kier alpha value is -1.16. The maximum absolute atomic E-state index is 5.48. The third-order valence-corrected chi connectivity index (χ3v) is 2.63. The Labute approximate surface area is 102 Å². The highest BCUT2D eigenvalue weighted by atomic mass is 32.1. The van der Waals surface area contributed by atoms with Crippen molar-refractivity contribution < 1.29 is 0 Å². The van der Waals surface area contributed by atoms with Crippen LogP contribution in [0.3, 0.4) is 0 Å². The summed E-state index contributed by atoms with van der Waals surface area (Å²) in [4.78, 5) is 4.52. The van der Waals surface area contributed by atoms with Gasteiger partial charge in [0.1, 0.15) is 4.99 Å². The van der Waals surface area contributed by atoms with Crippen LogP contribution < -0.4 is 11.1 Å². The van der Waals surface area contributed by atoms with Gasteiger partial charge in [0.25, 0.3) is 0 Å². The first kappa shape index (κ1) is 12.9. The number of nitrogens with zero attached hydrogens (tertiary/aromatic N) is 1. The van der Waals surface area contributed by atoms with E-state index in [4.69, 9.17) is 18.0 Å². The highest BCUT2D eigenvalue weighted by Gasteiger charge is 2.02. The minimum atomic E-state index is 0.339. The van der Waals surface area contributed by atoms with Gasteiger partial charge in [0, 0.05) is 6.04 Å². The number of hydrogen-bond acceptors (Lipinski definition) is 3. The van der Waals surface area contributed by atoms with E-state index >= 15 is 0 Å². The molecule has 0 aliphatic rings. The van der Waals surface area contributed by atoms with E-state index in [0.717, 1.165) is 5.69 Å². The molecule has 0 aliphatic carbocycles. The Morgan fingerprint density at radius 2 is 2.31 bits per heavy atom. The van der Waals surface area contributed by atoms with Crippen LogP contribution in [0.15, 0.2) is 18.3 Å². The van der Waals surface area contributed by atoms with Crippen molar-refractivity contribution in [1.82, 2.24) is 4.98 Å². The molecule has 0 saturated heterocycles. The lowest BCUT2D eigenvalue weighted by Crippen LogP contribution is -2.16. The molecule has 0 amide bonds. The largest absolute Gasteiger partial charge is 0.388 e. The molecule has 0 fully saturated rings. The highest BCUT2D eigenvalue weighted by Crippen LogP contribution is 2.10. The Balaban J connectivity index is 2.51. The van der Waals surface area contributed by atoms with Crippen LogP contribution in [-0.4, -0.2) is 16.0 Å². The first-order valence-electron chi connectivity index (χ1n) is 5.66. The minimum absolute atomic E-state index is 0.339. The fraction of sp³-hybridized carbons (Fsp3) is 0.500. The molecule has 3 N–H and O–H groups in total. The Kier molecular flexibility index (Phi) is 5.19. The molecule has 16 heavy (non-hydrogen) atoms. The summed E-state index contributed by atoms with van der Waals surface area (Å²) in [5, 5.41) is 3.40. The van der Waals surface area contributed by atoms with Gasteiger partial charge < -0.3 is 11.1 Å². The lowest BCUT2D eigenvalue weighted by Gasteiger charge is -2.14. The zero-order valence-electron chi connectivity index (χ0n) is 9.86.